The van der Waals surface area contributed by atoms with Crippen molar-refractivity contribution >= 4 is 0 Å². The molecular formula is C10H14F6. The number of rotatable bonds is 2. The highest BCUT2D eigenvalue weighted by atomic mass is 19.4. The minimum absolute atomic E-state index is 0.383. The molecule has 1 rings (SSSR count). The normalized spacial score (nSPS) is 33.0. The first-order valence-corrected chi connectivity index (χ1v) is 5.08. The van der Waals surface area contributed by atoms with Crippen LogP contribution in [0.5, 0.6) is 0 Å². The maximum absolute atomic E-state index is 12.8. The van der Waals surface area contributed by atoms with Gasteiger partial charge in [-0.05, 0) is 18.3 Å². The summed E-state index contributed by atoms with van der Waals surface area (Å²) in [4.78, 5) is 0. The van der Waals surface area contributed by atoms with Gasteiger partial charge in [0.05, 0.1) is 11.3 Å². The van der Waals surface area contributed by atoms with Crippen molar-refractivity contribution in [2.24, 2.45) is 23.2 Å². The molecule has 0 heterocycles. The Kier molecular flexibility index (Phi) is 3.01. The predicted molar refractivity (Wildman–Crippen MR) is 46.7 cm³/mol. The maximum atomic E-state index is 12.8. The fourth-order valence-corrected chi connectivity index (χ4v) is 2.50. The zero-order chi connectivity index (χ0) is 12.9. The average molecular weight is 248 g/mol. The molecule has 0 aromatic heterocycles. The van der Waals surface area contributed by atoms with Crippen LogP contribution < -0.4 is 0 Å². The van der Waals surface area contributed by atoms with Crippen molar-refractivity contribution in [3.8, 4) is 0 Å². The third kappa shape index (κ3) is 1.91. The Morgan fingerprint density at radius 3 is 1.62 bits per heavy atom. The Morgan fingerprint density at radius 2 is 1.44 bits per heavy atom. The van der Waals surface area contributed by atoms with Crippen LogP contribution in [0.25, 0.3) is 0 Å². The molecule has 1 aliphatic carbocycles. The summed E-state index contributed by atoms with van der Waals surface area (Å²) in [6.45, 7) is 3.69. The van der Waals surface area contributed by atoms with Crippen molar-refractivity contribution in [2.75, 3.05) is 0 Å². The second-order valence-corrected chi connectivity index (χ2v) is 4.86. The van der Waals surface area contributed by atoms with Gasteiger partial charge in [-0.3, -0.25) is 0 Å². The molecule has 0 aromatic rings. The van der Waals surface area contributed by atoms with Crippen LogP contribution in [0, 0.1) is 23.2 Å². The molecule has 1 saturated carbocycles. The lowest BCUT2D eigenvalue weighted by atomic mass is 9.84. The van der Waals surface area contributed by atoms with Crippen molar-refractivity contribution in [2.45, 2.75) is 39.5 Å². The Balaban J connectivity index is 3.03. The summed E-state index contributed by atoms with van der Waals surface area (Å²) >= 11 is 0. The van der Waals surface area contributed by atoms with Gasteiger partial charge in [0.25, 0.3) is 0 Å². The summed E-state index contributed by atoms with van der Waals surface area (Å²) in [6, 6.07) is 0. The van der Waals surface area contributed by atoms with Crippen molar-refractivity contribution in [1.82, 2.24) is 0 Å². The molecule has 0 N–H and O–H groups in total. The van der Waals surface area contributed by atoms with E-state index in [1.54, 1.807) is 0 Å². The van der Waals surface area contributed by atoms with Gasteiger partial charge in [-0.1, -0.05) is 20.8 Å². The van der Waals surface area contributed by atoms with E-state index in [0.29, 0.717) is 6.92 Å². The van der Waals surface area contributed by atoms with E-state index in [2.05, 4.69) is 0 Å². The van der Waals surface area contributed by atoms with Gasteiger partial charge in [-0.15, -0.1) is 0 Å². The highest BCUT2D eigenvalue weighted by molar-refractivity contribution is 5.12. The molecule has 0 radical (unpaired) electrons. The molecule has 3 unspecified atom stereocenters. The van der Waals surface area contributed by atoms with E-state index in [-0.39, 0.29) is 5.92 Å². The molecule has 0 spiro atoms. The van der Waals surface area contributed by atoms with Gasteiger partial charge in [0, 0.05) is 0 Å². The van der Waals surface area contributed by atoms with E-state index in [1.165, 1.54) is 13.8 Å². The Hall–Kier alpha value is -0.420. The molecule has 0 amide bonds. The van der Waals surface area contributed by atoms with E-state index in [0.717, 1.165) is 0 Å². The highest BCUT2D eigenvalue weighted by Crippen LogP contribution is 2.71. The van der Waals surface area contributed by atoms with E-state index < -0.39 is 36.0 Å². The standard InChI is InChI=1S/C10H14F6/c1-5(2)7-4-8(7,10(14,15)16)6(3)9(11,12)13/h5-7H,4H2,1-3H3. The van der Waals surface area contributed by atoms with Crippen LogP contribution in [0.2, 0.25) is 0 Å². The van der Waals surface area contributed by atoms with Gasteiger partial charge < -0.3 is 0 Å². The summed E-state index contributed by atoms with van der Waals surface area (Å²) in [5.41, 5.74) is -2.56. The zero-order valence-electron chi connectivity index (χ0n) is 9.21. The van der Waals surface area contributed by atoms with E-state index in [4.69, 9.17) is 0 Å². The molecule has 0 aromatic carbocycles. The van der Waals surface area contributed by atoms with Crippen molar-refractivity contribution in [3.05, 3.63) is 0 Å². The molecule has 0 bridgehead atoms. The highest BCUT2D eigenvalue weighted by Gasteiger charge is 2.77. The topological polar surface area (TPSA) is 0 Å². The quantitative estimate of drug-likeness (QED) is 0.635. The summed E-state index contributed by atoms with van der Waals surface area (Å²) < 4.78 is 75.7. The number of hydrogen-bond acceptors (Lipinski definition) is 0. The van der Waals surface area contributed by atoms with Crippen LogP contribution in [0.4, 0.5) is 26.3 Å². The van der Waals surface area contributed by atoms with Gasteiger partial charge in [-0.25, -0.2) is 0 Å². The molecule has 0 saturated heterocycles. The van der Waals surface area contributed by atoms with Gasteiger partial charge in [-0.2, -0.15) is 26.3 Å². The van der Waals surface area contributed by atoms with Crippen molar-refractivity contribution in [1.29, 1.82) is 0 Å². The van der Waals surface area contributed by atoms with Gasteiger partial charge in [0.2, 0.25) is 0 Å². The first-order chi connectivity index (χ1) is 6.94. The smallest absolute Gasteiger partial charge is 0.171 e. The fraction of sp³-hybridized carbons (Fsp3) is 1.00. The Morgan fingerprint density at radius 1 is 1.00 bits per heavy atom. The van der Waals surface area contributed by atoms with Crippen molar-refractivity contribution < 1.29 is 26.3 Å². The van der Waals surface area contributed by atoms with Crippen LogP contribution >= 0.6 is 0 Å². The molecule has 0 aliphatic heterocycles. The zero-order valence-corrected chi connectivity index (χ0v) is 9.21. The molecule has 96 valence electrons. The molecule has 0 nitrogen and oxygen atoms in total. The van der Waals surface area contributed by atoms with Crippen molar-refractivity contribution in [3.63, 3.8) is 0 Å². The van der Waals surface area contributed by atoms with Crippen LogP contribution in [-0.4, -0.2) is 12.4 Å². The molecule has 3 atom stereocenters. The molecule has 1 aliphatic rings. The van der Waals surface area contributed by atoms with Crippen LogP contribution in [0.1, 0.15) is 27.2 Å². The molecule has 16 heavy (non-hydrogen) atoms. The Labute approximate surface area is 90.0 Å². The Bertz CT molecular complexity index is 263. The second kappa shape index (κ2) is 3.53. The fourth-order valence-electron chi connectivity index (χ4n) is 2.50. The summed E-state index contributed by atoms with van der Waals surface area (Å²) in [6.07, 6.45) is -9.98. The minimum atomic E-state index is -4.79. The maximum Gasteiger partial charge on any atom is 0.395 e. The number of alkyl halides is 6. The predicted octanol–water partition coefficient (Wildman–Crippen LogP) is 4.41. The SMILES string of the molecule is CC(C)C1CC1(C(C)C(F)(F)F)C(F)(F)F. The van der Waals surface area contributed by atoms with E-state index in [1.807, 2.05) is 0 Å². The average Bonchev–Trinajstić information content (AvgIpc) is 2.74. The first kappa shape index (κ1) is 13.6. The lowest BCUT2D eigenvalue weighted by Gasteiger charge is -2.30. The van der Waals surface area contributed by atoms with Crippen LogP contribution in [0.3, 0.4) is 0 Å². The number of halogens is 6. The summed E-state index contributed by atoms with van der Waals surface area (Å²) in [5, 5.41) is 0. The summed E-state index contributed by atoms with van der Waals surface area (Å²) in [7, 11) is 0. The van der Waals surface area contributed by atoms with Gasteiger partial charge in [0.1, 0.15) is 0 Å². The largest absolute Gasteiger partial charge is 0.395 e. The van der Waals surface area contributed by atoms with Crippen LogP contribution in [-0.2, 0) is 0 Å². The lowest BCUT2D eigenvalue weighted by molar-refractivity contribution is -0.267. The monoisotopic (exact) mass is 248 g/mol. The molecule has 1 fully saturated rings. The second-order valence-electron chi connectivity index (χ2n) is 4.86. The third-order valence-corrected chi connectivity index (χ3v) is 3.66. The van der Waals surface area contributed by atoms with Crippen LogP contribution in [0.15, 0.2) is 0 Å². The molecule has 6 heteroatoms. The minimum Gasteiger partial charge on any atom is -0.171 e. The molecular weight excluding hydrogens is 234 g/mol. The first-order valence-electron chi connectivity index (χ1n) is 5.08. The third-order valence-electron chi connectivity index (χ3n) is 3.66. The van der Waals surface area contributed by atoms with Gasteiger partial charge >= 0.3 is 12.4 Å². The van der Waals surface area contributed by atoms with E-state index in [9.17, 15) is 26.3 Å². The van der Waals surface area contributed by atoms with E-state index >= 15 is 0 Å². The number of hydrogen-bond donors (Lipinski definition) is 0. The van der Waals surface area contributed by atoms with Gasteiger partial charge in [0.15, 0.2) is 0 Å². The lowest BCUT2D eigenvalue weighted by Crippen LogP contribution is -2.41. The summed E-state index contributed by atoms with van der Waals surface area (Å²) in [5.74, 6) is -3.62.